The van der Waals surface area contributed by atoms with Crippen LogP contribution in [0.15, 0.2) is 24.3 Å². The first-order valence-corrected chi connectivity index (χ1v) is 9.62. The molecular formula is C14H15F3N4O4S2. The number of benzene rings is 1. The first-order valence-electron chi connectivity index (χ1n) is 7.15. The highest BCUT2D eigenvalue weighted by Gasteiger charge is 2.31. The van der Waals surface area contributed by atoms with Crippen molar-refractivity contribution in [3.05, 3.63) is 24.3 Å². The molecule has 0 fully saturated rings. The Kier molecular flexibility index (Phi) is 7.80. The van der Waals surface area contributed by atoms with Crippen LogP contribution in [0.4, 0.5) is 18.9 Å². The highest BCUT2D eigenvalue weighted by atomic mass is 32.2. The second kappa shape index (κ2) is 9.38. The van der Waals surface area contributed by atoms with Crippen molar-refractivity contribution in [2.75, 3.05) is 23.9 Å². The Hall–Kier alpha value is -2.59. The summed E-state index contributed by atoms with van der Waals surface area (Å²) in [6.45, 7) is -0.318. The minimum atomic E-state index is -4.82. The van der Waals surface area contributed by atoms with E-state index in [9.17, 15) is 26.4 Å². The number of sulfone groups is 1. The van der Waals surface area contributed by atoms with Gasteiger partial charge in [0.05, 0.1) is 11.8 Å². The van der Waals surface area contributed by atoms with Crippen LogP contribution in [0.25, 0.3) is 0 Å². The number of nitrogens with zero attached hydrogens (tertiary/aromatic N) is 1. The van der Waals surface area contributed by atoms with Crippen molar-refractivity contribution in [3.63, 3.8) is 0 Å². The van der Waals surface area contributed by atoms with Crippen LogP contribution in [-0.4, -0.2) is 50.4 Å². The molecule has 0 aliphatic carbocycles. The van der Waals surface area contributed by atoms with Crippen LogP contribution in [0.1, 0.15) is 0 Å². The Bertz CT molecular complexity index is 820. The zero-order chi connectivity index (χ0) is 20.7. The van der Waals surface area contributed by atoms with Gasteiger partial charge in [-0.25, -0.2) is 8.42 Å². The largest absolute Gasteiger partial charge is 0.573 e. The van der Waals surface area contributed by atoms with Crippen LogP contribution < -0.4 is 20.7 Å². The van der Waals surface area contributed by atoms with Gasteiger partial charge in [0.1, 0.15) is 28.2 Å². The standard InChI is InChI=1S/C14H15F3N4O4S2/c1-27(23,24)8-11(12(22)19-7-6-18)21-13(26)20-9-2-4-10(5-3-9)25-14(15,16)17/h2-5,11H,7-8H2,1H3,(H,19,22)(H2,20,21,26). The van der Waals surface area contributed by atoms with Gasteiger partial charge in [-0.2, -0.15) is 5.26 Å². The molecule has 27 heavy (non-hydrogen) atoms. The van der Waals surface area contributed by atoms with Gasteiger partial charge < -0.3 is 20.7 Å². The van der Waals surface area contributed by atoms with Gasteiger partial charge in [-0.3, -0.25) is 4.79 Å². The summed E-state index contributed by atoms with van der Waals surface area (Å²) in [7, 11) is -3.55. The molecule has 1 aromatic rings. The normalized spacial score (nSPS) is 12.4. The molecular weight excluding hydrogens is 409 g/mol. The van der Waals surface area contributed by atoms with Gasteiger partial charge >= 0.3 is 6.36 Å². The third-order valence-electron chi connectivity index (χ3n) is 2.78. The lowest BCUT2D eigenvalue weighted by Gasteiger charge is -2.19. The number of carbonyl (C=O) groups excluding carboxylic acids is 1. The number of hydrogen-bond acceptors (Lipinski definition) is 6. The predicted molar refractivity (Wildman–Crippen MR) is 94.6 cm³/mol. The number of amides is 1. The fourth-order valence-corrected chi connectivity index (χ4v) is 2.90. The number of rotatable bonds is 7. The fraction of sp³-hybridized carbons (Fsp3) is 0.357. The fourth-order valence-electron chi connectivity index (χ4n) is 1.80. The Morgan fingerprint density at radius 2 is 1.93 bits per heavy atom. The van der Waals surface area contributed by atoms with Crippen molar-refractivity contribution in [1.82, 2.24) is 10.6 Å². The highest BCUT2D eigenvalue weighted by molar-refractivity contribution is 7.90. The minimum Gasteiger partial charge on any atom is -0.406 e. The number of nitrogens with one attached hydrogen (secondary N) is 3. The number of hydrogen-bond donors (Lipinski definition) is 3. The minimum absolute atomic E-state index is 0.139. The molecule has 0 radical (unpaired) electrons. The number of nitriles is 1. The van der Waals surface area contributed by atoms with Crippen LogP contribution >= 0.6 is 12.2 Å². The van der Waals surface area contributed by atoms with Crippen LogP contribution in [-0.2, 0) is 14.6 Å². The molecule has 0 saturated heterocycles. The molecule has 1 atom stereocenters. The maximum Gasteiger partial charge on any atom is 0.573 e. The summed E-state index contributed by atoms with van der Waals surface area (Å²) in [4.78, 5) is 11.9. The molecule has 1 aromatic carbocycles. The van der Waals surface area contributed by atoms with E-state index in [0.717, 1.165) is 18.4 Å². The van der Waals surface area contributed by atoms with Gasteiger partial charge in [0.25, 0.3) is 0 Å². The number of ether oxygens (including phenoxy) is 1. The number of halogens is 3. The SMILES string of the molecule is CS(=O)(=O)CC(NC(=S)Nc1ccc(OC(F)(F)F)cc1)C(=O)NCC#N. The Morgan fingerprint density at radius 3 is 2.41 bits per heavy atom. The lowest BCUT2D eigenvalue weighted by atomic mass is 10.3. The zero-order valence-electron chi connectivity index (χ0n) is 13.8. The number of carbonyl (C=O) groups is 1. The molecule has 13 heteroatoms. The molecule has 0 aromatic heterocycles. The van der Waals surface area contributed by atoms with Crippen LogP contribution in [0.3, 0.4) is 0 Å². The van der Waals surface area contributed by atoms with E-state index in [1.807, 2.05) is 0 Å². The Labute approximate surface area is 158 Å². The van der Waals surface area contributed by atoms with E-state index in [1.165, 1.54) is 12.1 Å². The van der Waals surface area contributed by atoms with Gasteiger partial charge in [0.15, 0.2) is 5.11 Å². The van der Waals surface area contributed by atoms with Crippen molar-refractivity contribution in [2.24, 2.45) is 0 Å². The van der Waals surface area contributed by atoms with Gasteiger partial charge in [0.2, 0.25) is 5.91 Å². The molecule has 1 amide bonds. The maximum atomic E-state index is 12.1. The highest BCUT2D eigenvalue weighted by Crippen LogP contribution is 2.23. The molecule has 148 valence electrons. The van der Waals surface area contributed by atoms with Crippen molar-refractivity contribution >= 4 is 38.8 Å². The van der Waals surface area contributed by atoms with E-state index in [4.69, 9.17) is 17.5 Å². The molecule has 1 unspecified atom stereocenters. The molecule has 0 heterocycles. The number of anilines is 1. The number of thiocarbonyl (C=S) groups is 1. The first kappa shape index (κ1) is 22.5. The van der Waals surface area contributed by atoms with Gasteiger partial charge in [-0.1, -0.05) is 0 Å². The Balaban J connectivity index is 2.75. The molecule has 0 spiro atoms. The summed E-state index contributed by atoms with van der Waals surface area (Å²) in [6.07, 6.45) is -3.89. The smallest absolute Gasteiger partial charge is 0.406 e. The maximum absolute atomic E-state index is 12.1. The van der Waals surface area contributed by atoms with Crippen molar-refractivity contribution in [1.29, 1.82) is 5.26 Å². The van der Waals surface area contributed by atoms with Crippen molar-refractivity contribution in [2.45, 2.75) is 12.4 Å². The van der Waals surface area contributed by atoms with Crippen molar-refractivity contribution < 1.29 is 31.1 Å². The monoisotopic (exact) mass is 424 g/mol. The lowest BCUT2D eigenvalue weighted by Crippen LogP contribution is -2.51. The quantitative estimate of drug-likeness (QED) is 0.437. The van der Waals surface area contributed by atoms with Gasteiger partial charge in [-0.05, 0) is 36.5 Å². The average Bonchev–Trinajstić information content (AvgIpc) is 2.51. The third kappa shape index (κ3) is 9.61. The van der Waals surface area contributed by atoms with E-state index >= 15 is 0 Å². The first-order chi connectivity index (χ1) is 12.4. The summed E-state index contributed by atoms with van der Waals surface area (Å²) in [5.74, 6) is -1.76. The molecule has 0 aliphatic rings. The summed E-state index contributed by atoms with van der Waals surface area (Å²) in [5, 5.41) is 15.6. The van der Waals surface area contributed by atoms with E-state index in [0.29, 0.717) is 0 Å². The predicted octanol–water partition coefficient (Wildman–Crippen LogP) is 0.925. The third-order valence-corrected chi connectivity index (χ3v) is 3.94. The molecule has 0 bridgehead atoms. The van der Waals surface area contributed by atoms with Crippen LogP contribution in [0.2, 0.25) is 0 Å². The Morgan fingerprint density at radius 1 is 1.33 bits per heavy atom. The summed E-state index contributed by atoms with van der Waals surface area (Å²) in [6, 6.07) is 5.01. The topological polar surface area (TPSA) is 120 Å². The van der Waals surface area contributed by atoms with Crippen LogP contribution in [0.5, 0.6) is 5.75 Å². The summed E-state index contributed by atoms with van der Waals surface area (Å²) < 4.78 is 63.0. The molecule has 3 N–H and O–H groups in total. The van der Waals surface area contributed by atoms with Crippen molar-refractivity contribution in [3.8, 4) is 11.8 Å². The van der Waals surface area contributed by atoms with Gasteiger partial charge in [0, 0.05) is 11.9 Å². The van der Waals surface area contributed by atoms with E-state index in [-0.39, 0.29) is 17.3 Å². The van der Waals surface area contributed by atoms with Crippen LogP contribution in [0, 0.1) is 11.3 Å². The number of alkyl halides is 3. The molecule has 0 saturated carbocycles. The molecule has 8 nitrogen and oxygen atoms in total. The summed E-state index contributed by atoms with van der Waals surface area (Å²) in [5.41, 5.74) is 0.276. The summed E-state index contributed by atoms with van der Waals surface area (Å²) >= 11 is 4.98. The lowest BCUT2D eigenvalue weighted by molar-refractivity contribution is -0.274. The van der Waals surface area contributed by atoms with Gasteiger partial charge in [-0.15, -0.1) is 13.2 Å². The second-order valence-electron chi connectivity index (χ2n) is 5.19. The second-order valence-corrected chi connectivity index (χ2v) is 7.78. The van der Waals surface area contributed by atoms with E-state index in [1.54, 1.807) is 6.07 Å². The zero-order valence-corrected chi connectivity index (χ0v) is 15.5. The van der Waals surface area contributed by atoms with E-state index in [2.05, 4.69) is 20.7 Å². The molecule has 1 rings (SSSR count). The molecule has 0 aliphatic heterocycles. The van der Waals surface area contributed by atoms with E-state index < -0.39 is 39.7 Å². The average molecular weight is 424 g/mol.